The molecular weight excluding hydrogens is 254 g/mol. The van der Waals surface area contributed by atoms with Crippen molar-refractivity contribution in [2.75, 3.05) is 5.32 Å². The first-order valence-electron chi connectivity index (χ1n) is 7.21. The zero-order chi connectivity index (χ0) is 13.8. The molecule has 2 heterocycles. The number of amides is 1. The number of hydrogen-bond donors (Lipinski definition) is 1. The monoisotopic (exact) mass is 273 g/mol. The lowest BCUT2D eigenvalue weighted by Crippen LogP contribution is -2.13. The van der Waals surface area contributed by atoms with Gasteiger partial charge in [-0.3, -0.25) is 10.1 Å². The summed E-state index contributed by atoms with van der Waals surface area (Å²) in [4.78, 5) is 11.9. The molecule has 106 valence electrons. The van der Waals surface area contributed by atoms with Crippen molar-refractivity contribution in [3.8, 4) is 0 Å². The molecule has 0 atom stereocenters. The standard InChI is InChI=1S/C15H19N3O2/c19-14(8-5-11-18-9-3-4-10-18)16-15-12-6-1-2-7-13(12)17-20-15/h3-4,9-10H,1-2,5-8,11H2,(H,16,19). The number of hydrogen-bond acceptors (Lipinski definition) is 3. The van der Waals surface area contributed by atoms with Gasteiger partial charge < -0.3 is 9.09 Å². The smallest absolute Gasteiger partial charge is 0.234 e. The second kappa shape index (κ2) is 5.94. The first kappa shape index (κ1) is 13.0. The minimum atomic E-state index is 0.00156. The van der Waals surface area contributed by atoms with Gasteiger partial charge in [-0.25, -0.2) is 0 Å². The van der Waals surface area contributed by atoms with E-state index in [0.717, 1.165) is 49.9 Å². The van der Waals surface area contributed by atoms with E-state index < -0.39 is 0 Å². The van der Waals surface area contributed by atoms with E-state index in [1.54, 1.807) is 0 Å². The van der Waals surface area contributed by atoms with Crippen LogP contribution in [0.5, 0.6) is 0 Å². The highest BCUT2D eigenvalue weighted by Gasteiger charge is 2.20. The Morgan fingerprint density at radius 3 is 2.95 bits per heavy atom. The minimum absolute atomic E-state index is 0.00156. The van der Waals surface area contributed by atoms with Crippen molar-refractivity contribution in [1.82, 2.24) is 9.72 Å². The van der Waals surface area contributed by atoms with Crippen LogP contribution in [0.25, 0.3) is 0 Å². The van der Waals surface area contributed by atoms with Crippen molar-refractivity contribution >= 4 is 11.8 Å². The fourth-order valence-corrected chi connectivity index (χ4v) is 2.62. The Hall–Kier alpha value is -2.04. The largest absolute Gasteiger partial charge is 0.354 e. The van der Waals surface area contributed by atoms with Gasteiger partial charge >= 0.3 is 0 Å². The van der Waals surface area contributed by atoms with E-state index in [-0.39, 0.29) is 5.91 Å². The average Bonchev–Trinajstić information content (AvgIpc) is 3.09. The third-order valence-corrected chi connectivity index (χ3v) is 3.70. The maximum absolute atomic E-state index is 11.9. The number of anilines is 1. The van der Waals surface area contributed by atoms with Gasteiger partial charge in [-0.1, -0.05) is 5.16 Å². The zero-order valence-corrected chi connectivity index (χ0v) is 11.5. The molecule has 1 N–H and O–H groups in total. The van der Waals surface area contributed by atoms with Crippen molar-refractivity contribution in [3.63, 3.8) is 0 Å². The lowest BCUT2D eigenvalue weighted by atomic mass is 9.98. The summed E-state index contributed by atoms with van der Waals surface area (Å²) in [6.07, 6.45) is 9.54. The second-order valence-electron chi connectivity index (χ2n) is 5.22. The molecular formula is C15H19N3O2. The van der Waals surface area contributed by atoms with Crippen LogP contribution in [-0.2, 0) is 24.2 Å². The number of nitrogens with one attached hydrogen (secondary N) is 1. The molecule has 1 amide bonds. The van der Waals surface area contributed by atoms with Gasteiger partial charge in [-0.2, -0.15) is 0 Å². The second-order valence-corrected chi connectivity index (χ2v) is 5.22. The van der Waals surface area contributed by atoms with E-state index in [9.17, 15) is 4.79 Å². The van der Waals surface area contributed by atoms with Crippen molar-refractivity contribution < 1.29 is 9.32 Å². The van der Waals surface area contributed by atoms with Gasteiger partial charge in [-0.05, 0) is 44.2 Å². The highest BCUT2D eigenvalue weighted by molar-refractivity contribution is 5.90. The van der Waals surface area contributed by atoms with E-state index in [2.05, 4.69) is 15.0 Å². The predicted octanol–water partition coefficient (Wildman–Crippen LogP) is 2.77. The Balaban J connectivity index is 1.50. The molecule has 3 rings (SSSR count). The summed E-state index contributed by atoms with van der Waals surface area (Å²) in [5, 5.41) is 6.89. The van der Waals surface area contributed by atoms with Crippen LogP contribution in [0.15, 0.2) is 29.0 Å². The van der Waals surface area contributed by atoms with Crippen molar-refractivity contribution in [2.24, 2.45) is 0 Å². The molecule has 1 aliphatic rings. The first-order chi connectivity index (χ1) is 9.83. The van der Waals surface area contributed by atoms with Gasteiger partial charge in [0.2, 0.25) is 11.8 Å². The Labute approximate surface area is 117 Å². The SMILES string of the molecule is O=C(CCCn1cccc1)Nc1onc2c1CCCC2. The summed E-state index contributed by atoms with van der Waals surface area (Å²) in [5.41, 5.74) is 2.11. The summed E-state index contributed by atoms with van der Waals surface area (Å²) in [7, 11) is 0. The highest BCUT2D eigenvalue weighted by atomic mass is 16.5. The Bertz CT molecular complexity index is 572. The summed E-state index contributed by atoms with van der Waals surface area (Å²) in [6, 6.07) is 3.97. The third kappa shape index (κ3) is 2.92. The van der Waals surface area contributed by atoms with Crippen LogP contribution in [0, 0.1) is 0 Å². The molecule has 0 saturated carbocycles. The van der Waals surface area contributed by atoms with Crippen LogP contribution >= 0.6 is 0 Å². The van der Waals surface area contributed by atoms with Gasteiger partial charge in [-0.15, -0.1) is 0 Å². The molecule has 0 radical (unpaired) electrons. The van der Waals surface area contributed by atoms with Crippen LogP contribution in [0.3, 0.4) is 0 Å². The normalized spacial score (nSPS) is 14.0. The summed E-state index contributed by atoms with van der Waals surface area (Å²) in [5.74, 6) is 0.562. The molecule has 0 fully saturated rings. The number of carbonyl (C=O) groups is 1. The van der Waals surface area contributed by atoms with E-state index in [0.29, 0.717) is 12.3 Å². The Kier molecular flexibility index (Phi) is 3.85. The van der Waals surface area contributed by atoms with Crippen LogP contribution < -0.4 is 5.32 Å². The molecule has 5 heteroatoms. The predicted molar refractivity (Wildman–Crippen MR) is 75.4 cm³/mol. The number of carbonyl (C=O) groups excluding carboxylic acids is 1. The summed E-state index contributed by atoms with van der Waals surface area (Å²) >= 11 is 0. The van der Waals surface area contributed by atoms with Crippen molar-refractivity contribution in [3.05, 3.63) is 35.8 Å². The average molecular weight is 273 g/mol. The number of rotatable bonds is 5. The summed E-state index contributed by atoms with van der Waals surface area (Å²) in [6.45, 7) is 0.856. The Morgan fingerprint density at radius 2 is 2.10 bits per heavy atom. The van der Waals surface area contributed by atoms with Gasteiger partial charge in [0.05, 0.1) is 5.69 Å². The maximum atomic E-state index is 11.9. The molecule has 0 aliphatic heterocycles. The quantitative estimate of drug-likeness (QED) is 0.911. The molecule has 0 spiro atoms. The van der Waals surface area contributed by atoms with Crippen LogP contribution in [0.2, 0.25) is 0 Å². The number of fused-ring (bicyclic) bond motifs is 1. The zero-order valence-electron chi connectivity index (χ0n) is 11.5. The van der Waals surface area contributed by atoms with Gasteiger partial charge in [0.1, 0.15) is 0 Å². The summed E-state index contributed by atoms with van der Waals surface area (Å²) < 4.78 is 7.33. The molecule has 5 nitrogen and oxygen atoms in total. The Morgan fingerprint density at radius 1 is 1.30 bits per heavy atom. The molecule has 20 heavy (non-hydrogen) atoms. The first-order valence-corrected chi connectivity index (χ1v) is 7.21. The molecule has 0 unspecified atom stereocenters. The lowest BCUT2D eigenvalue weighted by molar-refractivity contribution is -0.116. The van der Waals surface area contributed by atoms with E-state index in [1.807, 2.05) is 24.5 Å². The van der Waals surface area contributed by atoms with Crippen molar-refractivity contribution in [1.29, 1.82) is 0 Å². The van der Waals surface area contributed by atoms with Crippen LogP contribution in [-0.4, -0.2) is 15.6 Å². The topological polar surface area (TPSA) is 60.1 Å². The fraction of sp³-hybridized carbons (Fsp3) is 0.467. The van der Waals surface area contributed by atoms with E-state index in [1.165, 1.54) is 0 Å². The van der Waals surface area contributed by atoms with Crippen LogP contribution in [0.4, 0.5) is 5.88 Å². The lowest BCUT2D eigenvalue weighted by Gasteiger charge is -2.09. The van der Waals surface area contributed by atoms with Crippen molar-refractivity contribution in [2.45, 2.75) is 45.1 Å². The molecule has 1 aliphatic carbocycles. The minimum Gasteiger partial charge on any atom is -0.354 e. The molecule has 0 aromatic carbocycles. The third-order valence-electron chi connectivity index (χ3n) is 3.70. The van der Waals surface area contributed by atoms with E-state index in [4.69, 9.17) is 4.52 Å². The fourth-order valence-electron chi connectivity index (χ4n) is 2.62. The maximum Gasteiger partial charge on any atom is 0.234 e. The molecule has 2 aromatic heterocycles. The molecule has 0 bridgehead atoms. The number of aromatic nitrogens is 2. The van der Waals surface area contributed by atoms with E-state index >= 15 is 0 Å². The molecule has 0 saturated heterocycles. The van der Waals surface area contributed by atoms with Crippen LogP contribution in [0.1, 0.15) is 36.9 Å². The van der Waals surface area contributed by atoms with Gasteiger partial charge in [0.25, 0.3) is 0 Å². The highest BCUT2D eigenvalue weighted by Crippen LogP contribution is 2.27. The number of nitrogens with zero attached hydrogens (tertiary/aromatic N) is 2. The van der Waals surface area contributed by atoms with Gasteiger partial charge in [0.15, 0.2) is 0 Å². The molecule has 2 aromatic rings. The van der Waals surface area contributed by atoms with Gasteiger partial charge in [0, 0.05) is 30.9 Å². The number of aryl methyl sites for hydroxylation is 2.